The molecule has 0 bridgehead atoms. The quantitative estimate of drug-likeness (QED) is 0.757. The van der Waals surface area contributed by atoms with Gasteiger partial charge in [0.15, 0.2) is 0 Å². The van der Waals surface area contributed by atoms with E-state index < -0.39 is 0 Å². The molecule has 1 aromatic carbocycles. The standard InChI is InChI=1S/C16H28N2/c1-7-15(17(3)4)13-10-9-11-14(12-13)16(8-2)18(5)6/h9-12,15-16H,7-8H2,1-6H3/t15-,16-/m0/s1. The van der Waals surface area contributed by atoms with E-state index in [2.05, 4.69) is 76.1 Å². The fourth-order valence-corrected chi connectivity index (χ4v) is 2.77. The molecule has 0 heterocycles. The molecular formula is C16H28N2. The molecule has 0 N–H and O–H groups in total. The number of hydrogen-bond donors (Lipinski definition) is 0. The molecule has 0 saturated heterocycles. The molecule has 0 aliphatic carbocycles. The highest BCUT2D eigenvalue weighted by molar-refractivity contribution is 5.28. The van der Waals surface area contributed by atoms with Crippen LogP contribution in [0.1, 0.15) is 49.9 Å². The Kier molecular flexibility index (Phi) is 5.83. The lowest BCUT2D eigenvalue weighted by molar-refractivity contribution is 0.284. The van der Waals surface area contributed by atoms with Crippen molar-refractivity contribution in [2.24, 2.45) is 0 Å². The monoisotopic (exact) mass is 248 g/mol. The molecule has 2 nitrogen and oxygen atoms in total. The molecule has 0 unspecified atom stereocenters. The molecule has 0 spiro atoms. The Bertz CT molecular complexity index is 327. The third kappa shape index (κ3) is 3.56. The molecule has 2 atom stereocenters. The van der Waals surface area contributed by atoms with Gasteiger partial charge in [-0.25, -0.2) is 0 Å². The van der Waals surface area contributed by atoms with E-state index in [1.165, 1.54) is 11.1 Å². The summed E-state index contributed by atoms with van der Waals surface area (Å²) in [6.07, 6.45) is 2.30. The van der Waals surface area contributed by atoms with Gasteiger partial charge in [0.05, 0.1) is 0 Å². The van der Waals surface area contributed by atoms with Gasteiger partial charge in [0.2, 0.25) is 0 Å². The smallest absolute Gasteiger partial charge is 0.0339 e. The first kappa shape index (κ1) is 15.2. The molecule has 0 fully saturated rings. The molecule has 18 heavy (non-hydrogen) atoms. The molecule has 1 aromatic rings. The van der Waals surface area contributed by atoms with E-state index in [0.717, 1.165) is 12.8 Å². The molecule has 0 aromatic heterocycles. The maximum absolute atomic E-state index is 2.38. The fraction of sp³-hybridized carbons (Fsp3) is 0.625. The summed E-state index contributed by atoms with van der Waals surface area (Å²) in [6, 6.07) is 10.1. The van der Waals surface area contributed by atoms with Crippen molar-refractivity contribution in [1.82, 2.24) is 9.80 Å². The average Bonchev–Trinajstić information content (AvgIpc) is 2.30. The van der Waals surface area contributed by atoms with Crippen molar-refractivity contribution in [2.75, 3.05) is 28.2 Å². The van der Waals surface area contributed by atoms with Crippen molar-refractivity contribution >= 4 is 0 Å². The zero-order valence-corrected chi connectivity index (χ0v) is 12.8. The van der Waals surface area contributed by atoms with Crippen molar-refractivity contribution in [1.29, 1.82) is 0 Å². The van der Waals surface area contributed by atoms with Crippen LogP contribution >= 0.6 is 0 Å². The summed E-state index contributed by atoms with van der Waals surface area (Å²) in [5.74, 6) is 0. The third-order valence-electron chi connectivity index (χ3n) is 3.70. The summed E-state index contributed by atoms with van der Waals surface area (Å²) in [5, 5.41) is 0. The van der Waals surface area contributed by atoms with Crippen molar-refractivity contribution in [3.63, 3.8) is 0 Å². The second-order valence-corrected chi connectivity index (χ2v) is 5.45. The molecular weight excluding hydrogens is 220 g/mol. The number of nitrogens with zero attached hydrogens (tertiary/aromatic N) is 2. The molecule has 0 radical (unpaired) electrons. The van der Waals surface area contributed by atoms with Gasteiger partial charge < -0.3 is 9.80 Å². The molecule has 0 aliphatic rings. The van der Waals surface area contributed by atoms with Crippen molar-refractivity contribution < 1.29 is 0 Å². The first-order valence-electron chi connectivity index (χ1n) is 6.93. The van der Waals surface area contributed by atoms with Crippen LogP contribution < -0.4 is 0 Å². The van der Waals surface area contributed by atoms with E-state index in [4.69, 9.17) is 0 Å². The predicted molar refractivity (Wildman–Crippen MR) is 79.9 cm³/mol. The van der Waals surface area contributed by atoms with Crippen molar-refractivity contribution in [3.8, 4) is 0 Å². The Morgan fingerprint density at radius 2 is 1.22 bits per heavy atom. The van der Waals surface area contributed by atoms with E-state index in [9.17, 15) is 0 Å². The van der Waals surface area contributed by atoms with Gasteiger partial charge in [0.1, 0.15) is 0 Å². The summed E-state index contributed by atoms with van der Waals surface area (Å²) >= 11 is 0. The predicted octanol–water partition coefficient (Wildman–Crippen LogP) is 3.71. The minimum Gasteiger partial charge on any atom is -0.302 e. The summed E-state index contributed by atoms with van der Waals surface area (Å²) < 4.78 is 0. The third-order valence-corrected chi connectivity index (χ3v) is 3.70. The Morgan fingerprint density at radius 3 is 1.50 bits per heavy atom. The van der Waals surface area contributed by atoms with E-state index in [-0.39, 0.29) is 0 Å². The van der Waals surface area contributed by atoms with Crippen LogP contribution in [0.5, 0.6) is 0 Å². The molecule has 0 saturated carbocycles. The highest BCUT2D eigenvalue weighted by Crippen LogP contribution is 2.27. The van der Waals surface area contributed by atoms with Crippen LogP contribution in [0.2, 0.25) is 0 Å². The first-order chi connectivity index (χ1) is 8.51. The fourth-order valence-electron chi connectivity index (χ4n) is 2.77. The van der Waals surface area contributed by atoms with Crippen LogP contribution in [0.4, 0.5) is 0 Å². The lowest BCUT2D eigenvalue weighted by Crippen LogP contribution is -2.21. The Labute approximate surface area is 113 Å². The van der Waals surface area contributed by atoms with Gasteiger partial charge in [-0.1, -0.05) is 38.1 Å². The summed E-state index contributed by atoms with van der Waals surface area (Å²) in [7, 11) is 8.63. The van der Waals surface area contributed by atoms with Gasteiger partial charge in [-0.05, 0) is 52.2 Å². The topological polar surface area (TPSA) is 6.48 Å². The SMILES string of the molecule is CC[C@@H](c1cccc([C@H](CC)N(C)C)c1)N(C)C. The average molecular weight is 248 g/mol. The van der Waals surface area contributed by atoms with E-state index in [1.54, 1.807) is 0 Å². The highest BCUT2D eigenvalue weighted by Gasteiger charge is 2.15. The zero-order valence-electron chi connectivity index (χ0n) is 12.8. The zero-order chi connectivity index (χ0) is 13.7. The second-order valence-electron chi connectivity index (χ2n) is 5.45. The minimum absolute atomic E-state index is 0.518. The molecule has 1 rings (SSSR count). The maximum Gasteiger partial charge on any atom is 0.0339 e. The van der Waals surface area contributed by atoms with Crippen LogP contribution in [0.15, 0.2) is 24.3 Å². The van der Waals surface area contributed by atoms with Crippen LogP contribution in [0.25, 0.3) is 0 Å². The molecule has 102 valence electrons. The Hall–Kier alpha value is -0.860. The molecule has 0 aliphatic heterocycles. The maximum atomic E-state index is 2.38. The van der Waals surface area contributed by atoms with Gasteiger partial charge in [-0.3, -0.25) is 0 Å². The van der Waals surface area contributed by atoms with Gasteiger partial charge >= 0.3 is 0 Å². The van der Waals surface area contributed by atoms with E-state index in [0.29, 0.717) is 12.1 Å². The van der Waals surface area contributed by atoms with Gasteiger partial charge in [0.25, 0.3) is 0 Å². The lowest BCUT2D eigenvalue weighted by atomic mass is 9.96. The minimum atomic E-state index is 0.518. The highest BCUT2D eigenvalue weighted by atomic mass is 15.1. The van der Waals surface area contributed by atoms with Crippen LogP contribution in [0, 0.1) is 0 Å². The summed E-state index contributed by atoms with van der Waals surface area (Å²) in [5.41, 5.74) is 2.86. The molecule has 2 heteroatoms. The first-order valence-corrected chi connectivity index (χ1v) is 6.93. The number of hydrogen-bond acceptors (Lipinski definition) is 2. The summed E-state index contributed by atoms with van der Waals surface area (Å²) in [4.78, 5) is 4.60. The van der Waals surface area contributed by atoms with Crippen LogP contribution in [0.3, 0.4) is 0 Å². The number of rotatable bonds is 6. The van der Waals surface area contributed by atoms with E-state index in [1.807, 2.05) is 0 Å². The van der Waals surface area contributed by atoms with Gasteiger partial charge in [-0.2, -0.15) is 0 Å². The lowest BCUT2D eigenvalue weighted by Gasteiger charge is -2.27. The summed E-state index contributed by atoms with van der Waals surface area (Å²) in [6.45, 7) is 4.50. The largest absolute Gasteiger partial charge is 0.302 e. The van der Waals surface area contributed by atoms with Gasteiger partial charge in [-0.15, -0.1) is 0 Å². The van der Waals surface area contributed by atoms with Crippen molar-refractivity contribution in [2.45, 2.75) is 38.8 Å². The normalized spacial score (nSPS) is 15.1. The van der Waals surface area contributed by atoms with Gasteiger partial charge in [0, 0.05) is 12.1 Å². The second kappa shape index (κ2) is 6.91. The number of benzene rings is 1. The molecule has 0 amide bonds. The van der Waals surface area contributed by atoms with Crippen molar-refractivity contribution in [3.05, 3.63) is 35.4 Å². The van der Waals surface area contributed by atoms with E-state index >= 15 is 0 Å². The van der Waals surface area contributed by atoms with Crippen LogP contribution in [-0.2, 0) is 0 Å². The Morgan fingerprint density at radius 1 is 0.833 bits per heavy atom. The van der Waals surface area contributed by atoms with Crippen LogP contribution in [-0.4, -0.2) is 38.0 Å². The Balaban J connectivity index is 3.04.